The maximum Gasteiger partial charge on any atom is 0.131 e. The molecule has 1 unspecified atom stereocenters. The topological polar surface area (TPSA) is 24.4 Å². The molecule has 0 aromatic heterocycles. The number of benzene rings is 1. The highest BCUT2D eigenvalue weighted by molar-refractivity contribution is 6.24. The third-order valence-corrected chi connectivity index (χ3v) is 5.79. The summed E-state index contributed by atoms with van der Waals surface area (Å²) in [5.41, 5.74) is 3.71. The van der Waals surface area contributed by atoms with E-state index in [1.165, 1.54) is 13.8 Å². The van der Waals surface area contributed by atoms with E-state index in [9.17, 15) is 4.39 Å². The van der Waals surface area contributed by atoms with Crippen LogP contribution in [-0.2, 0) is 6.42 Å². The summed E-state index contributed by atoms with van der Waals surface area (Å²) >= 11 is 0. The Hall–Kier alpha value is -2.49. The number of nitrogens with one attached hydrogen (secondary N) is 1. The SMILES string of the molecule is C=CC(=C)C(=C)/N=C(C)\C(=C(/C)NC(C)C(C)(C)F)c1c(C)cc(CCCCC)cc1F. The highest BCUT2D eigenvalue weighted by Gasteiger charge is 2.26. The third kappa shape index (κ3) is 7.58. The van der Waals surface area contributed by atoms with Gasteiger partial charge in [0.05, 0.1) is 11.7 Å². The Labute approximate surface area is 193 Å². The summed E-state index contributed by atoms with van der Waals surface area (Å²) < 4.78 is 30.0. The number of halogens is 2. The lowest BCUT2D eigenvalue weighted by Gasteiger charge is -2.27. The Balaban J connectivity index is 3.61. The molecule has 2 nitrogen and oxygen atoms in total. The molecular weight excluding hydrogens is 402 g/mol. The largest absolute Gasteiger partial charge is 0.382 e. The van der Waals surface area contributed by atoms with Crippen molar-refractivity contribution < 1.29 is 8.78 Å². The Morgan fingerprint density at radius 3 is 2.34 bits per heavy atom. The van der Waals surface area contributed by atoms with Gasteiger partial charge < -0.3 is 5.32 Å². The molecule has 0 aliphatic carbocycles. The molecule has 176 valence electrons. The molecule has 1 aromatic carbocycles. The average Bonchev–Trinajstić information content (AvgIpc) is 2.69. The molecule has 0 spiro atoms. The summed E-state index contributed by atoms with van der Waals surface area (Å²) in [5.74, 6) is -0.303. The maximum absolute atomic E-state index is 15.5. The van der Waals surface area contributed by atoms with Gasteiger partial charge >= 0.3 is 0 Å². The van der Waals surface area contributed by atoms with Crippen molar-refractivity contribution in [2.45, 2.75) is 85.9 Å². The van der Waals surface area contributed by atoms with Crippen molar-refractivity contribution in [1.29, 1.82) is 0 Å². The van der Waals surface area contributed by atoms with Gasteiger partial charge in [0.1, 0.15) is 11.5 Å². The third-order valence-electron chi connectivity index (χ3n) is 5.79. The van der Waals surface area contributed by atoms with Crippen molar-refractivity contribution in [3.05, 3.63) is 77.4 Å². The van der Waals surface area contributed by atoms with Gasteiger partial charge in [-0.2, -0.15) is 0 Å². The second-order valence-electron chi connectivity index (χ2n) is 9.03. The first-order chi connectivity index (χ1) is 14.8. The number of aryl methyl sites for hydroxylation is 2. The predicted molar refractivity (Wildman–Crippen MR) is 136 cm³/mol. The molecule has 1 N–H and O–H groups in total. The van der Waals surface area contributed by atoms with Gasteiger partial charge in [-0.25, -0.2) is 8.78 Å². The highest BCUT2D eigenvalue weighted by atomic mass is 19.1. The van der Waals surface area contributed by atoms with Gasteiger partial charge in [-0.15, -0.1) is 0 Å². The maximum atomic E-state index is 15.5. The minimum absolute atomic E-state index is 0.303. The van der Waals surface area contributed by atoms with Crippen LogP contribution < -0.4 is 5.32 Å². The van der Waals surface area contributed by atoms with Crippen molar-refractivity contribution in [3.8, 4) is 0 Å². The van der Waals surface area contributed by atoms with Crippen LogP contribution in [-0.4, -0.2) is 17.4 Å². The first-order valence-corrected chi connectivity index (χ1v) is 11.3. The summed E-state index contributed by atoms with van der Waals surface area (Å²) in [7, 11) is 0. The molecule has 0 heterocycles. The number of nitrogens with zero attached hydrogens (tertiary/aromatic N) is 1. The molecule has 0 aliphatic rings. The zero-order valence-electron chi connectivity index (χ0n) is 21.0. The molecule has 0 fully saturated rings. The van der Waals surface area contributed by atoms with E-state index in [1.807, 2.05) is 19.9 Å². The van der Waals surface area contributed by atoms with E-state index in [1.54, 1.807) is 26.0 Å². The molecule has 0 aliphatic heterocycles. The highest BCUT2D eigenvalue weighted by Crippen LogP contribution is 2.30. The first kappa shape index (κ1) is 27.5. The number of unbranched alkanes of at least 4 members (excludes halogenated alkanes) is 2. The second-order valence-corrected chi connectivity index (χ2v) is 9.03. The fourth-order valence-corrected chi connectivity index (χ4v) is 3.51. The monoisotopic (exact) mass is 442 g/mol. The molecule has 0 bridgehead atoms. The number of rotatable bonds is 12. The van der Waals surface area contributed by atoms with Crippen molar-refractivity contribution in [2.75, 3.05) is 0 Å². The van der Waals surface area contributed by atoms with Crippen LogP contribution in [0.5, 0.6) is 0 Å². The van der Waals surface area contributed by atoms with Crippen LogP contribution in [0.2, 0.25) is 0 Å². The normalized spacial score (nSPS) is 14.0. The Bertz CT molecular complexity index is 891. The van der Waals surface area contributed by atoms with Crippen molar-refractivity contribution >= 4 is 11.3 Å². The smallest absolute Gasteiger partial charge is 0.131 e. The van der Waals surface area contributed by atoms with Crippen molar-refractivity contribution in [1.82, 2.24) is 5.32 Å². The van der Waals surface area contributed by atoms with Gasteiger partial charge in [0.25, 0.3) is 0 Å². The van der Waals surface area contributed by atoms with Crippen LogP contribution in [0, 0.1) is 12.7 Å². The zero-order valence-corrected chi connectivity index (χ0v) is 21.0. The molecular formula is C28H40F2N2. The zero-order chi connectivity index (χ0) is 24.6. The lowest BCUT2D eigenvalue weighted by Crippen LogP contribution is -2.41. The molecule has 1 atom stereocenters. The van der Waals surface area contributed by atoms with Gasteiger partial charge in [0.15, 0.2) is 0 Å². The lowest BCUT2D eigenvalue weighted by molar-refractivity contribution is 0.165. The fraction of sp³-hybridized carbons (Fsp3) is 0.464. The number of aliphatic imine (C=N–C) groups is 1. The molecule has 1 rings (SSSR count). The molecule has 4 heteroatoms. The molecule has 32 heavy (non-hydrogen) atoms. The Morgan fingerprint density at radius 2 is 1.84 bits per heavy atom. The van der Waals surface area contributed by atoms with Crippen LogP contribution in [0.3, 0.4) is 0 Å². The van der Waals surface area contributed by atoms with Gasteiger partial charge in [-0.1, -0.05) is 51.6 Å². The van der Waals surface area contributed by atoms with E-state index in [-0.39, 0.29) is 5.82 Å². The number of hydrogen-bond donors (Lipinski definition) is 1. The van der Waals surface area contributed by atoms with Crippen LogP contribution in [0.15, 0.2) is 59.9 Å². The molecule has 0 radical (unpaired) electrons. The summed E-state index contributed by atoms with van der Waals surface area (Å²) in [6.07, 6.45) is 5.70. The minimum Gasteiger partial charge on any atom is -0.382 e. The summed E-state index contributed by atoms with van der Waals surface area (Å²) in [5, 5.41) is 3.21. The van der Waals surface area contributed by atoms with Gasteiger partial charge in [0.2, 0.25) is 0 Å². The van der Waals surface area contributed by atoms with E-state index in [0.29, 0.717) is 33.8 Å². The number of hydrogen-bond acceptors (Lipinski definition) is 2. The lowest BCUT2D eigenvalue weighted by atomic mass is 9.91. The predicted octanol–water partition coefficient (Wildman–Crippen LogP) is 8.04. The van der Waals surface area contributed by atoms with Gasteiger partial charge in [-0.3, -0.25) is 4.99 Å². The van der Waals surface area contributed by atoms with Crippen LogP contribution >= 0.6 is 0 Å². The van der Waals surface area contributed by atoms with E-state index in [0.717, 1.165) is 36.8 Å². The van der Waals surface area contributed by atoms with E-state index in [2.05, 4.69) is 37.0 Å². The standard InChI is InChI=1S/C28H40F2N2/c1-11-13-14-15-24-16-19(4)26(25(29)17-24)27(21(6)31-20(5)18(3)12-2)22(7)32-23(8)28(9,10)30/h12,16-17,23,32H,2-3,5,11,13-15H2,1,4,6-10H3/b27-22-,31-21-. The molecule has 0 amide bonds. The van der Waals surface area contributed by atoms with Crippen molar-refractivity contribution in [2.24, 2.45) is 4.99 Å². The quantitative estimate of drug-likeness (QED) is 0.198. The number of allylic oxidation sites excluding steroid dienone is 3. The second kappa shape index (κ2) is 11.9. The first-order valence-electron chi connectivity index (χ1n) is 11.3. The van der Waals surface area contributed by atoms with E-state index in [4.69, 9.17) is 0 Å². The summed E-state index contributed by atoms with van der Waals surface area (Å²) in [4.78, 5) is 4.57. The van der Waals surface area contributed by atoms with Crippen LogP contribution in [0.4, 0.5) is 8.78 Å². The van der Waals surface area contributed by atoms with E-state index >= 15 is 4.39 Å². The van der Waals surface area contributed by atoms with Crippen LogP contribution in [0.1, 0.15) is 77.5 Å². The fourth-order valence-electron chi connectivity index (χ4n) is 3.51. The van der Waals surface area contributed by atoms with Crippen LogP contribution in [0.25, 0.3) is 5.57 Å². The van der Waals surface area contributed by atoms with Gasteiger partial charge in [0, 0.05) is 22.5 Å². The molecule has 0 saturated heterocycles. The minimum atomic E-state index is -1.45. The van der Waals surface area contributed by atoms with Crippen molar-refractivity contribution in [3.63, 3.8) is 0 Å². The molecule has 0 saturated carbocycles. The summed E-state index contributed by atoms with van der Waals surface area (Å²) in [6, 6.07) is 3.17. The Kier molecular flexibility index (Phi) is 10.3. The number of alkyl halides is 1. The van der Waals surface area contributed by atoms with Gasteiger partial charge in [-0.05, 0) is 77.2 Å². The van der Waals surface area contributed by atoms with E-state index < -0.39 is 11.7 Å². The Morgan fingerprint density at radius 1 is 1.22 bits per heavy atom. The summed E-state index contributed by atoms with van der Waals surface area (Å²) in [6.45, 7) is 24.0. The average molecular weight is 443 g/mol. The molecule has 1 aromatic rings.